The maximum Gasteiger partial charge on any atom is 0.412 e. The molecule has 1 atom stereocenters. The molecule has 2 aromatic carbocycles. The summed E-state index contributed by atoms with van der Waals surface area (Å²) in [5.41, 5.74) is 2.56. The summed E-state index contributed by atoms with van der Waals surface area (Å²) in [7, 11) is 0. The Balaban J connectivity index is 1.94. The Bertz CT molecular complexity index is 766. The van der Waals surface area contributed by atoms with Gasteiger partial charge in [-0.3, -0.25) is 5.32 Å². The number of nitrogens with one attached hydrogen (secondary N) is 1. The van der Waals surface area contributed by atoms with Crippen molar-refractivity contribution in [2.45, 2.75) is 59.2 Å². The maximum atomic E-state index is 11.9. The molecule has 4 nitrogen and oxygen atoms in total. The van der Waals surface area contributed by atoms with Gasteiger partial charge in [0.05, 0.1) is 5.69 Å². The number of anilines is 1. The summed E-state index contributed by atoms with van der Waals surface area (Å²) < 4.78 is 11.9. The third kappa shape index (κ3) is 6.90. The lowest BCUT2D eigenvalue weighted by atomic mass is 9.98. The van der Waals surface area contributed by atoms with Crippen molar-refractivity contribution >= 4 is 27.7 Å². The van der Waals surface area contributed by atoms with E-state index in [0.29, 0.717) is 18.2 Å². The molecule has 5 heteroatoms. The molecule has 2 aromatic rings. The van der Waals surface area contributed by atoms with Crippen LogP contribution in [0.5, 0.6) is 5.75 Å². The zero-order valence-electron chi connectivity index (χ0n) is 16.6. The highest BCUT2D eigenvalue weighted by molar-refractivity contribution is 9.10. The molecule has 2 rings (SSSR count). The first kappa shape index (κ1) is 21.3. The molecule has 0 heterocycles. The van der Waals surface area contributed by atoms with E-state index in [1.54, 1.807) is 6.07 Å². The van der Waals surface area contributed by atoms with Gasteiger partial charge in [-0.25, -0.2) is 4.79 Å². The van der Waals surface area contributed by atoms with Gasteiger partial charge in [-0.1, -0.05) is 38.1 Å². The summed E-state index contributed by atoms with van der Waals surface area (Å²) in [6.45, 7) is 10.4. The molecule has 27 heavy (non-hydrogen) atoms. The first-order valence-corrected chi connectivity index (χ1v) is 9.98. The second-order valence-corrected chi connectivity index (χ2v) is 8.46. The first-order valence-electron chi connectivity index (χ1n) is 9.19. The van der Waals surface area contributed by atoms with E-state index >= 15 is 0 Å². The van der Waals surface area contributed by atoms with E-state index in [-0.39, 0.29) is 0 Å². The monoisotopic (exact) mass is 433 g/mol. The number of benzene rings is 2. The highest BCUT2D eigenvalue weighted by Gasteiger charge is 2.17. The van der Waals surface area contributed by atoms with Gasteiger partial charge in [0.1, 0.15) is 18.0 Å². The third-order valence-corrected chi connectivity index (χ3v) is 4.80. The summed E-state index contributed by atoms with van der Waals surface area (Å²) in [4.78, 5) is 11.9. The fraction of sp³-hybridized carbons (Fsp3) is 0.409. The van der Waals surface area contributed by atoms with Crippen LogP contribution in [0.3, 0.4) is 0 Å². The van der Waals surface area contributed by atoms with Crippen LogP contribution < -0.4 is 10.1 Å². The third-order valence-electron chi connectivity index (χ3n) is 4.14. The minimum atomic E-state index is -0.538. The molecule has 0 aliphatic carbocycles. The molecule has 0 aliphatic rings. The van der Waals surface area contributed by atoms with E-state index < -0.39 is 11.7 Å². The van der Waals surface area contributed by atoms with E-state index in [1.165, 1.54) is 5.56 Å². The topological polar surface area (TPSA) is 47.6 Å². The number of carbonyl (C=O) groups is 1. The lowest BCUT2D eigenvalue weighted by Crippen LogP contribution is -2.27. The zero-order chi connectivity index (χ0) is 20.0. The van der Waals surface area contributed by atoms with Gasteiger partial charge in [0.25, 0.3) is 0 Å². The minimum Gasteiger partial charge on any atom is -0.489 e. The predicted molar refractivity (Wildman–Crippen MR) is 113 cm³/mol. The molecule has 0 aliphatic heterocycles. The smallest absolute Gasteiger partial charge is 0.412 e. The molecule has 146 valence electrons. The lowest BCUT2D eigenvalue weighted by Gasteiger charge is -2.20. The van der Waals surface area contributed by atoms with Crippen LogP contribution in [0.1, 0.15) is 58.1 Å². The van der Waals surface area contributed by atoms with Gasteiger partial charge in [-0.2, -0.15) is 0 Å². The number of halogens is 1. The Morgan fingerprint density at radius 3 is 2.37 bits per heavy atom. The Labute approximate surface area is 170 Å². The molecular weight excluding hydrogens is 406 g/mol. The number of hydrogen-bond acceptors (Lipinski definition) is 3. The van der Waals surface area contributed by atoms with Crippen LogP contribution in [0.2, 0.25) is 0 Å². The molecule has 0 bridgehead atoms. The highest BCUT2D eigenvalue weighted by atomic mass is 79.9. The predicted octanol–water partition coefficient (Wildman–Crippen LogP) is 6.89. The molecular formula is C22H28BrNO3. The zero-order valence-corrected chi connectivity index (χ0v) is 18.2. The Morgan fingerprint density at radius 2 is 1.81 bits per heavy atom. The lowest BCUT2D eigenvalue weighted by molar-refractivity contribution is 0.0636. The largest absolute Gasteiger partial charge is 0.489 e. The second-order valence-electron chi connectivity index (χ2n) is 7.61. The summed E-state index contributed by atoms with van der Waals surface area (Å²) in [5, 5.41) is 2.73. The van der Waals surface area contributed by atoms with E-state index in [0.717, 1.165) is 22.2 Å². The van der Waals surface area contributed by atoms with Gasteiger partial charge in [-0.05, 0) is 78.4 Å². The van der Waals surface area contributed by atoms with Crippen molar-refractivity contribution in [3.63, 3.8) is 0 Å². The van der Waals surface area contributed by atoms with Crippen LogP contribution in [0, 0.1) is 0 Å². The molecule has 0 fully saturated rings. The summed E-state index contributed by atoms with van der Waals surface area (Å²) in [6, 6.07) is 14.0. The standard InChI is InChI=1S/C22H28BrNO3/c1-6-15(2)17-9-7-16(8-10-17)14-26-18-11-12-20(19(23)13-18)24-21(25)27-22(3,4)5/h7-13,15H,6,14H2,1-5H3,(H,24,25). The Hall–Kier alpha value is -2.01. The van der Waals surface area contributed by atoms with Crippen LogP contribution in [0.4, 0.5) is 10.5 Å². The van der Waals surface area contributed by atoms with Crippen LogP contribution in [-0.4, -0.2) is 11.7 Å². The molecule has 1 unspecified atom stereocenters. The van der Waals surface area contributed by atoms with Crippen LogP contribution >= 0.6 is 15.9 Å². The SMILES string of the molecule is CCC(C)c1ccc(COc2ccc(NC(=O)OC(C)(C)C)c(Br)c2)cc1. The van der Waals surface area contributed by atoms with Crippen molar-refractivity contribution in [3.05, 3.63) is 58.1 Å². The number of ether oxygens (including phenoxy) is 2. The summed E-state index contributed by atoms with van der Waals surface area (Å²) >= 11 is 3.46. The van der Waals surface area contributed by atoms with E-state index in [1.807, 2.05) is 32.9 Å². The Kier molecular flexibility index (Phi) is 7.31. The number of rotatable bonds is 6. The molecule has 1 N–H and O–H groups in total. The van der Waals surface area contributed by atoms with Gasteiger partial charge in [0.15, 0.2) is 0 Å². The van der Waals surface area contributed by atoms with E-state index in [9.17, 15) is 4.79 Å². The van der Waals surface area contributed by atoms with Crippen molar-refractivity contribution in [2.24, 2.45) is 0 Å². The van der Waals surface area contributed by atoms with Crippen molar-refractivity contribution in [3.8, 4) is 5.75 Å². The average Bonchev–Trinajstić information content (AvgIpc) is 2.60. The fourth-order valence-corrected chi connectivity index (χ4v) is 2.90. The number of hydrogen-bond donors (Lipinski definition) is 1. The van der Waals surface area contributed by atoms with Gasteiger partial charge < -0.3 is 9.47 Å². The first-order chi connectivity index (χ1) is 12.7. The Morgan fingerprint density at radius 1 is 1.15 bits per heavy atom. The molecule has 1 amide bonds. The van der Waals surface area contributed by atoms with Gasteiger partial charge >= 0.3 is 6.09 Å². The van der Waals surface area contributed by atoms with Gasteiger partial charge in [0.2, 0.25) is 0 Å². The van der Waals surface area contributed by atoms with E-state index in [4.69, 9.17) is 9.47 Å². The fourth-order valence-electron chi connectivity index (χ4n) is 2.45. The van der Waals surface area contributed by atoms with Crippen LogP contribution in [-0.2, 0) is 11.3 Å². The van der Waals surface area contributed by atoms with Gasteiger partial charge in [0, 0.05) is 4.47 Å². The average molecular weight is 434 g/mol. The van der Waals surface area contributed by atoms with E-state index in [2.05, 4.69) is 59.4 Å². The number of carbonyl (C=O) groups excluding carboxylic acids is 1. The van der Waals surface area contributed by atoms with Crippen LogP contribution in [0.25, 0.3) is 0 Å². The normalized spacial score (nSPS) is 12.4. The number of amides is 1. The van der Waals surface area contributed by atoms with Crippen molar-refractivity contribution in [1.29, 1.82) is 0 Å². The van der Waals surface area contributed by atoms with Crippen LogP contribution in [0.15, 0.2) is 46.9 Å². The maximum absolute atomic E-state index is 11.9. The van der Waals surface area contributed by atoms with Gasteiger partial charge in [-0.15, -0.1) is 0 Å². The second kappa shape index (κ2) is 9.27. The summed E-state index contributed by atoms with van der Waals surface area (Å²) in [6.07, 6.45) is 0.645. The molecule has 0 aromatic heterocycles. The van der Waals surface area contributed by atoms with Crippen molar-refractivity contribution < 1.29 is 14.3 Å². The highest BCUT2D eigenvalue weighted by Crippen LogP contribution is 2.28. The summed E-state index contributed by atoms with van der Waals surface area (Å²) in [5.74, 6) is 1.29. The molecule has 0 radical (unpaired) electrons. The van der Waals surface area contributed by atoms with Crippen molar-refractivity contribution in [2.75, 3.05) is 5.32 Å². The molecule has 0 saturated heterocycles. The van der Waals surface area contributed by atoms with Crippen molar-refractivity contribution in [1.82, 2.24) is 0 Å². The molecule has 0 spiro atoms. The molecule has 0 saturated carbocycles. The quantitative estimate of drug-likeness (QED) is 0.539. The minimum absolute atomic E-state index is 0.488.